The Hall–Kier alpha value is -5.95. The Kier molecular flexibility index (Phi) is 11.9. The van der Waals surface area contributed by atoms with Gasteiger partial charge in [-0.2, -0.15) is 5.10 Å². The molecule has 0 saturated carbocycles. The van der Waals surface area contributed by atoms with E-state index >= 15 is 4.39 Å². The van der Waals surface area contributed by atoms with Crippen LogP contribution in [0.4, 0.5) is 21.7 Å². The van der Waals surface area contributed by atoms with Gasteiger partial charge in [-0.1, -0.05) is 17.7 Å². The van der Waals surface area contributed by atoms with Crippen molar-refractivity contribution in [2.24, 2.45) is 0 Å². The summed E-state index contributed by atoms with van der Waals surface area (Å²) < 4.78 is 43.3. The molecule has 1 fully saturated rings. The minimum absolute atomic E-state index is 0.0197. The van der Waals surface area contributed by atoms with E-state index in [4.69, 9.17) is 11.6 Å². The molecule has 2 unspecified atom stereocenters. The molecule has 2 aromatic heterocycles. The summed E-state index contributed by atoms with van der Waals surface area (Å²) in [6.45, 7) is 6.15. The predicted octanol–water partition coefficient (Wildman–Crippen LogP) is 3.96. The second kappa shape index (κ2) is 16.6. The number of piperidine rings is 1. The first-order valence-electron chi connectivity index (χ1n) is 18.0. The molecule has 2 aliphatic heterocycles. The van der Waals surface area contributed by atoms with Crippen LogP contribution in [0.15, 0.2) is 48.8 Å². The maximum atomic E-state index is 15.7. The van der Waals surface area contributed by atoms with Gasteiger partial charge in [0.2, 0.25) is 33.7 Å². The van der Waals surface area contributed by atoms with Crippen molar-refractivity contribution >= 4 is 68.5 Å². The number of aromatic nitrogens is 4. The fourth-order valence-corrected chi connectivity index (χ4v) is 7.21. The first-order chi connectivity index (χ1) is 27.0. The number of benzene rings is 2. The monoisotopic (exact) mass is 822 g/mol. The molecule has 1 saturated heterocycles. The van der Waals surface area contributed by atoms with Gasteiger partial charge >= 0.3 is 0 Å². The molecule has 0 bridgehead atoms. The minimum Gasteiger partial charge on any atom is -0.384 e. The third-order valence-electron chi connectivity index (χ3n) is 9.12. The molecular weight excluding hydrogens is 783 g/mol. The molecule has 5 amide bonds. The molecule has 57 heavy (non-hydrogen) atoms. The molecular formula is C37H40ClFN10O7S. The highest BCUT2D eigenvalue weighted by Gasteiger charge is 2.45. The molecule has 6 rings (SSSR count). The highest BCUT2D eigenvalue weighted by molar-refractivity contribution is 7.92. The molecule has 20 heteroatoms. The van der Waals surface area contributed by atoms with Crippen LogP contribution in [0.25, 0.3) is 22.5 Å². The number of sulfonamides is 1. The summed E-state index contributed by atoms with van der Waals surface area (Å²) >= 11 is 6.28. The molecule has 0 aliphatic carbocycles. The fourth-order valence-electron chi connectivity index (χ4n) is 6.45. The van der Waals surface area contributed by atoms with Crippen molar-refractivity contribution in [3.63, 3.8) is 0 Å². The average Bonchev–Trinajstić information content (AvgIpc) is 3.70. The molecule has 2 aliphatic rings. The Morgan fingerprint density at radius 3 is 2.53 bits per heavy atom. The summed E-state index contributed by atoms with van der Waals surface area (Å²) in [4.78, 5) is 73.0. The van der Waals surface area contributed by atoms with Crippen molar-refractivity contribution in [2.45, 2.75) is 64.6 Å². The summed E-state index contributed by atoms with van der Waals surface area (Å²) in [5.41, 5.74) is 1.36. The van der Waals surface area contributed by atoms with Crippen molar-refractivity contribution < 1.29 is 36.8 Å². The quantitative estimate of drug-likeness (QED) is 0.0849. The van der Waals surface area contributed by atoms with Crippen LogP contribution in [0, 0.1) is 5.82 Å². The number of hydrogen-bond acceptors (Lipinski definition) is 12. The van der Waals surface area contributed by atoms with Crippen LogP contribution in [-0.2, 0) is 24.4 Å². The van der Waals surface area contributed by atoms with E-state index in [2.05, 4.69) is 41.1 Å². The van der Waals surface area contributed by atoms with Gasteiger partial charge < -0.3 is 16.0 Å². The molecule has 2 aromatic carbocycles. The zero-order valence-corrected chi connectivity index (χ0v) is 32.9. The van der Waals surface area contributed by atoms with Crippen LogP contribution >= 0.6 is 11.6 Å². The number of carbonyl (C=O) groups excluding carboxylic acids is 5. The van der Waals surface area contributed by atoms with Gasteiger partial charge in [0.25, 0.3) is 11.8 Å². The van der Waals surface area contributed by atoms with Crippen LogP contribution in [0.1, 0.15) is 73.2 Å². The molecule has 17 nitrogen and oxygen atoms in total. The van der Waals surface area contributed by atoms with E-state index in [-0.39, 0.29) is 82.8 Å². The molecule has 0 radical (unpaired) electrons. The smallest absolute Gasteiger partial charge is 0.264 e. The highest BCUT2D eigenvalue weighted by atomic mass is 35.5. The number of carbonyl (C=O) groups is 5. The Morgan fingerprint density at radius 1 is 1.04 bits per heavy atom. The average molecular weight is 823 g/mol. The van der Waals surface area contributed by atoms with E-state index in [9.17, 15) is 32.4 Å². The molecule has 2 atom stereocenters. The number of nitrogens with one attached hydrogen (secondary N) is 5. The number of rotatable bonds is 15. The van der Waals surface area contributed by atoms with E-state index in [1.807, 2.05) is 13.8 Å². The van der Waals surface area contributed by atoms with Crippen molar-refractivity contribution in [1.82, 2.24) is 35.3 Å². The fraction of sp³-hybridized carbons (Fsp3) is 0.351. The van der Waals surface area contributed by atoms with E-state index in [1.54, 1.807) is 36.0 Å². The Balaban J connectivity index is 1.04. The predicted molar refractivity (Wildman–Crippen MR) is 209 cm³/mol. The number of nitrogens with zero attached hydrogens (tertiary/aromatic N) is 5. The van der Waals surface area contributed by atoms with Crippen LogP contribution < -0.4 is 26.0 Å². The van der Waals surface area contributed by atoms with Gasteiger partial charge in [-0.3, -0.25) is 43.6 Å². The summed E-state index contributed by atoms with van der Waals surface area (Å²) in [6.07, 6.45) is 4.74. The van der Waals surface area contributed by atoms with Crippen molar-refractivity contribution in [3.05, 3.63) is 70.8 Å². The number of anilines is 3. The van der Waals surface area contributed by atoms with Gasteiger partial charge in [0.15, 0.2) is 5.82 Å². The van der Waals surface area contributed by atoms with E-state index < -0.39 is 45.5 Å². The van der Waals surface area contributed by atoms with Gasteiger partial charge in [-0.05, 0) is 63.9 Å². The van der Waals surface area contributed by atoms with E-state index in [1.165, 1.54) is 24.4 Å². The number of amides is 5. The second-order valence-corrected chi connectivity index (χ2v) is 16.2. The van der Waals surface area contributed by atoms with E-state index in [0.717, 1.165) is 11.2 Å². The topological polar surface area (TPSA) is 226 Å². The molecule has 4 aromatic rings. The van der Waals surface area contributed by atoms with Crippen molar-refractivity contribution in [2.75, 3.05) is 34.7 Å². The lowest BCUT2D eigenvalue weighted by molar-refractivity contribution is -0.136. The van der Waals surface area contributed by atoms with E-state index in [0.29, 0.717) is 29.9 Å². The second-order valence-electron chi connectivity index (χ2n) is 14.0. The lowest BCUT2D eigenvalue weighted by atomic mass is 10.0. The Morgan fingerprint density at radius 2 is 1.81 bits per heavy atom. The third-order valence-corrected chi connectivity index (χ3v) is 9.93. The largest absolute Gasteiger partial charge is 0.384 e. The summed E-state index contributed by atoms with van der Waals surface area (Å²) in [7, 11) is -3.81. The SMILES string of the molecule is CC(CNc1nccc(-c2cn(C(C)C)nc2-c2cc(Cl)cc(NS(C)(=O)=O)c2F)n1)NC(=O)CCCNc1cccc2c1C(=O)N(C1CCC(=O)NC1=O)C2=O. The number of hydrogen-bond donors (Lipinski definition) is 5. The first kappa shape index (κ1) is 40.7. The van der Waals surface area contributed by atoms with Crippen LogP contribution in [0.5, 0.6) is 0 Å². The number of imide groups is 2. The van der Waals surface area contributed by atoms with Gasteiger partial charge in [-0.25, -0.2) is 22.8 Å². The molecule has 4 heterocycles. The Labute approximate surface area is 332 Å². The maximum absolute atomic E-state index is 15.7. The van der Waals surface area contributed by atoms with Gasteiger partial charge in [0, 0.05) is 72.2 Å². The van der Waals surface area contributed by atoms with Gasteiger partial charge in [-0.15, -0.1) is 0 Å². The minimum atomic E-state index is -3.81. The first-order valence-corrected chi connectivity index (χ1v) is 20.3. The van der Waals surface area contributed by atoms with Crippen molar-refractivity contribution in [3.8, 4) is 22.5 Å². The summed E-state index contributed by atoms with van der Waals surface area (Å²) in [5.74, 6) is -3.23. The van der Waals surface area contributed by atoms with Gasteiger partial charge in [0.05, 0.1) is 28.8 Å². The van der Waals surface area contributed by atoms with Crippen LogP contribution in [0.2, 0.25) is 5.02 Å². The zero-order chi connectivity index (χ0) is 41.2. The van der Waals surface area contributed by atoms with Gasteiger partial charge in [0.1, 0.15) is 11.7 Å². The van der Waals surface area contributed by atoms with Crippen molar-refractivity contribution in [1.29, 1.82) is 0 Å². The van der Waals surface area contributed by atoms with Crippen LogP contribution in [0.3, 0.4) is 0 Å². The lowest BCUT2D eigenvalue weighted by Crippen LogP contribution is -2.54. The summed E-state index contributed by atoms with van der Waals surface area (Å²) in [5, 5.41) is 16.0. The maximum Gasteiger partial charge on any atom is 0.264 e. The zero-order valence-electron chi connectivity index (χ0n) is 31.4. The number of fused-ring (bicyclic) bond motifs is 1. The number of halogens is 2. The molecule has 5 N–H and O–H groups in total. The molecule has 0 spiro atoms. The van der Waals surface area contributed by atoms with Crippen LogP contribution in [-0.4, -0.2) is 94.0 Å². The summed E-state index contributed by atoms with van der Waals surface area (Å²) in [6, 6.07) is 7.40. The lowest BCUT2D eigenvalue weighted by Gasteiger charge is -2.27. The normalized spacial score (nSPS) is 16.1. The Bertz CT molecular complexity index is 2390. The third kappa shape index (κ3) is 9.20. The highest BCUT2D eigenvalue weighted by Crippen LogP contribution is 2.37. The standard InChI is InChI=1S/C37H40ClFN10O7S/c1-19(2)48-18-24(33(46-48)23-15-21(38)16-27(32(23)39)47-57(4,55)56)25-12-14-41-37(44-25)42-17-20(3)43-29(50)9-6-13-40-26-8-5-7-22-31(26)36(54)49(35(22)53)28-10-11-30(51)45-34(28)52/h5,7-8,12,14-16,18-20,28,40,47H,6,9-11,13,17H2,1-4H3,(H,43,50)(H,41,42,44)(H,45,51,52). The molecule has 300 valence electrons.